The van der Waals surface area contributed by atoms with E-state index >= 15 is 0 Å². The average Bonchev–Trinajstić information content (AvgIpc) is 3.17. The van der Waals surface area contributed by atoms with Crippen molar-refractivity contribution in [3.63, 3.8) is 0 Å². The Hall–Kier alpha value is -3.26. The summed E-state index contributed by atoms with van der Waals surface area (Å²) in [5.74, 6) is 0.110. The molecular formula is C21H22ClN3O5. The van der Waals surface area contributed by atoms with Crippen LogP contribution in [0.3, 0.4) is 0 Å². The first kappa shape index (κ1) is 21.4. The molecule has 0 radical (unpaired) electrons. The van der Waals surface area contributed by atoms with Gasteiger partial charge in [-0.15, -0.1) is 0 Å². The standard InChI is InChI=1S/C21H22ClN3O5/c1-29-15-8-13(9-16(11-15)30-2)21(28)23-12-19(26)24-14-5-6-18(17(22)10-14)25-7-3-4-20(25)27/h5-6,8-11H,3-4,7,12H2,1-2H3,(H,23,28)(H,24,26). The largest absolute Gasteiger partial charge is 0.497 e. The van der Waals surface area contributed by atoms with Gasteiger partial charge in [0, 0.05) is 30.3 Å². The molecule has 1 saturated heterocycles. The predicted molar refractivity (Wildman–Crippen MR) is 114 cm³/mol. The fourth-order valence-electron chi connectivity index (χ4n) is 3.11. The second kappa shape index (κ2) is 9.49. The van der Waals surface area contributed by atoms with Gasteiger partial charge in [0.2, 0.25) is 11.8 Å². The van der Waals surface area contributed by atoms with Crippen LogP contribution in [-0.4, -0.2) is 45.0 Å². The monoisotopic (exact) mass is 431 g/mol. The molecule has 1 fully saturated rings. The highest BCUT2D eigenvalue weighted by atomic mass is 35.5. The number of ether oxygens (including phenoxy) is 2. The molecule has 0 bridgehead atoms. The van der Waals surface area contributed by atoms with Gasteiger partial charge in [-0.3, -0.25) is 14.4 Å². The molecular weight excluding hydrogens is 410 g/mol. The van der Waals surface area contributed by atoms with E-state index in [1.807, 2.05) is 0 Å². The molecule has 30 heavy (non-hydrogen) atoms. The molecule has 0 unspecified atom stereocenters. The van der Waals surface area contributed by atoms with E-state index in [-0.39, 0.29) is 12.5 Å². The van der Waals surface area contributed by atoms with Crippen molar-refractivity contribution < 1.29 is 23.9 Å². The first-order valence-corrected chi connectivity index (χ1v) is 9.70. The van der Waals surface area contributed by atoms with Gasteiger partial charge in [0.1, 0.15) is 11.5 Å². The lowest BCUT2D eigenvalue weighted by Crippen LogP contribution is -2.32. The zero-order valence-corrected chi connectivity index (χ0v) is 17.4. The van der Waals surface area contributed by atoms with Gasteiger partial charge >= 0.3 is 0 Å². The van der Waals surface area contributed by atoms with Gasteiger partial charge in [-0.05, 0) is 36.8 Å². The fraction of sp³-hybridized carbons (Fsp3) is 0.286. The Bertz CT molecular complexity index is 957. The topological polar surface area (TPSA) is 97.0 Å². The first-order chi connectivity index (χ1) is 14.4. The maximum atomic E-state index is 12.4. The second-order valence-corrected chi connectivity index (χ2v) is 7.05. The van der Waals surface area contributed by atoms with E-state index in [0.717, 1.165) is 6.42 Å². The summed E-state index contributed by atoms with van der Waals surface area (Å²) >= 11 is 6.28. The van der Waals surface area contributed by atoms with Gasteiger partial charge < -0.3 is 25.0 Å². The molecule has 2 N–H and O–H groups in total. The third kappa shape index (κ3) is 5.01. The maximum absolute atomic E-state index is 12.4. The summed E-state index contributed by atoms with van der Waals surface area (Å²) < 4.78 is 10.3. The van der Waals surface area contributed by atoms with E-state index in [4.69, 9.17) is 21.1 Å². The minimum Gasteiger partial charge on any atom is -0.497 e. The fourth-order valence-corrected chi connectivity index (χ4v) is 3.40. The Balaban J connectivity index is 1.59. The van der Waals surface area contributed by atoms with Crippen molar-refractivity contribution in [2.75, 3.05) is 37.5 Å². The van der Waals surface area contributed by atoms with Crippen LogP contribution in [0.25, 0.3) is 0 Å². The molecule has 1 aliphatic rings. The van der Waals surface area contributed by atoms with E-state index in [2.05, 4.69) is 10.6 Å². The van der Waals surface area contributed by atoms with Crippen LogP contribution >= 0.6 is 11.6 Å². The molecule has 8 nitrogen and oxygen atoms in total. The Labute approximate surface area is 179 Å². The molecule has 0 aromatic heterocycles. The van der Waals surface area contributed by atoms with Crippen LogP contribution in [0.2, 0.25) is 5.02 Å². The third-order valence-electron chi connectivity index (χ3n) is 4.62. The van der Waals surface area contributed by atoms with E-state index in [9.17, 15) is 14.4 Å². The number of amides is 3. The van der Waals surface area contributed by atoms with Gasteiger partial charge in [-0.2, -0.15) is 0 Å². The van der Waals surface area contributed by atoms with Crippen molar-refractivity contribution in [2.24, 2.45) is 0 Å². The van der Waals surface area contributed by atoms with E-state index in [1.165, 1.54) is 14.2 Å². The lowest BCUT2D eigenvalue weighted by molar-refractivity contribution is -0.117. The first-order valence-electron chi connectivity index (χ1n) is 9.32. The van der Waals surface area contributed by atoms with Gasteiger partial charge in [-0.1, -0.05) is 11.6 Å². The molecule has 0 spiro atoms. The van der Waals surface area contributed by atoms with Crippen LogP contribution in [-0.2, 0) is 9.59 Å². The summed E-state index contributed by atoms with van der Waals surface area (Å²) in [6.45, 7) is 0.397. The summed E-state index contributed by atoms with van der Waals surface area (Å²) in [6, 6.07) is 9.69. The normalized spacial score (nSPS) is 13.2. The highest BCUT2D eigenvalue weighted by molar-refractivity contribution is 6.34. The molecule has 2 aromatic rings. The van der Waals surface area contributed by atoms with Crippen molar-refractivity contribution in [1.82, 2.24) is 5.32 Å². The molecule has 9 heteroatoms. The SMILES string of the molecule is COc1cc(OC)cc(C(=O)NCC(=O)Nc2ccc(N3CCCC3=O)c(Cl)c2)c1. The summed E-state index contributed by atoms with van der Waals surface area (Å²) in [5.41, 5.74) is 1.40. The van der Waals surface area contributed by atoms with E-state index < -0.39 is 11.8 Å². The summed E-state index contributed by atoms with van der Waals surface area (Å²) in [7, 11) is 2.97. The molecule has 1 aliphatic heterocycles. The van der Waals surface area contributed by atoms with Gasteiger partial charge in [-0.25, -0.2) is 0 Å². The van der Waals surface area contributed by atoms with Gasteiger partial charge in [0.15, 0.2) is 0 Å². The van der Waals surface area contributed by atoms with Crippen LogP contribution in [0.1, 0.15) is 23.2 Å². The number of hydrogen-bond donors (Lipinski definition) is 2. The molecule has 0 saturated carbocycles. The number of benzene rings is 2. The molecule has 3 amide bonds. The zero-order valence-electron chi connectivity index (χ0n) is 16.7. The average molecular weight is 432 g/mol. The highest BCUT2D eigenvalue weighted by Crippen LogP contribution is 2.31. The van der Waals surface area contributed by atoms with Crippen molar-refractivity contribution in [3.05, 3.63) is 47.0 Å². The number of nitrogens with zero attached hydrogens (tertiary/aromatic N) is 1. The van der Waals surface area contributed by atoms with Gasteiger partial charge in [0.25, 0.3) is 5.91 Å². The smallest absolute Gasteiger partial charge is 0.251 e. The number of nitrogens with one attached hydrogen (secondary N) is 2. The van der Waals surface area contributed by atoms with E-state index in [1.54, 1.807) is 41.3 Å². The van der Waals surface area contributed by atoms with Crippen molar-refractivity contribution in [3.8, 4) is 11.5 Å². The molecule has 0 atom stereocenters. The third-order valence-corrected chi connectivity index (χ3v) is 4.92. The highest BCUT2D eigenvalue weighted by Gasteiger charge is 2.23. The quantitative estimate of drug-likeness (QED) is 0.702. The van der Waals surface area contributed by atoms with Crippen LogP contribution in [0.5, 0.6) is 11.5 Å². The Morgan fingerprint density at radius 3 is 2.37 bits per heavy atom. The minimum absolute atomic E-state index is 0.0329. The molecule has 2 aromatic carbocycles. The number of halogens is 1. The molecule has 1 heterocycles. The number of carbonyl (C=O) groups excluding carboxylic acids is 3. The molecule has 0 aliphatic carbocycles. The maximum Gasteiger partial charge on any atom is 0.251 e. The Morgan fingerprint density at radius 2 is 1.80 bits per heavy atom. The number of rotatable bonds is 7. The number of carbonyl (C=O) groups is 3. The summed E-state index contributed by atoms with van der Waals surface area (Å²) in [4.78, 5) is 38.1. The summed E-state index contributed by atoms with van der Waals surface area (Å²) in [6.07, 6.45) is 1.31. The Kier molecular flexibility index (Phi) is 6.79. The summed E-state index contributed by atoms with van der Waals surface area (Å²) in [5, 5.41) is 5.59. The van der Waals surface area contributed by atoms with Gasteiger partial charge in [0.05, 0.1) is 31.5 Å². The molecule has 3 rings (SSSR count). The van der Waals surface area contributed by atoms with E-state index in [0.29, 0.717) is 46.4 Å². The minimum atomic E-state index is -0.441. The molecule has 158 valence electrons. The lowest BCUT2D eigenvalue weighted by Gasteiger charge is -2.18. The number of methoxy groups -OCH3 is 2. The number of hydrogen-bond acceptors (Lipinski definition) is 5. The van der Waals surface area contributed by atoms with Crippen molar-refractivity contribution >= 4 is 40.7 Å². The van der Waals surface area contributed by atoms with Crippen LogP contribution < -0.4 is 25.0 Å². The van der Waals surface area contributed by atoms with Crippen molar-refractivity contribution in [2.45, 2.75) is 12.8 Å². The lowest BCUT2D eigenvalue weighted by atomic mass is 10.2. The van der Waals surface area contributed by atoms with Crippen LogP contribution in [0.4, 0.5) is 11.4 Å². The zero-order chi connectivity index (χ0) is 21.7. The predicted octanol–water partition coefficient (Wildman–Crippen LogP) is 2.85. The second-order valence-electron chi connectivity index (χ2n) is 6.65. The van der Waals surface area contributed by atoms with Crippen LogP contribution in [0, 0.1) is 0 Å². The van der Waals surface area contributed by atoms with Crippen molar-refractivity contribution in [1.29, 1.82) is 0 Å². The number of anilines is 2. The van der Waals surface area contributed by atoms with Crippen LogP contribution in [0.15, 0.2) is 36.4 Å². The Morgan fingerprint density at radius 1 is 1.10 bits per heavy atom.